The lowest BCUT2D eigenvalue weighted by atomic mass is 10.0. The first-order chi connectivity index (χ1) is 13.6. The van der Waals surface area contributed by atoms with E-state index in [9.17, 15) is 4.79 Å². The van der Waals surface area contributed by atoms with E-state index >= 15 is 0 Å². The summed E-state index contributed by atoms with van der Waals surface area (Å²) in [7, 11) is 0. The lowest BCUT2D eigenvalue weighted by Gasteiger charge is -2.27. The molecule has 0 fully saturated rings. The van der Waals surface area contributed by atoms with Crippen LogP contribution in [-0.2, 0) is 4.79 Å². The Labute approximate surface area is 169 Å². The number of nitrogens with zero attached hydrogens (tertiary/aromatic N) is 2. The molecular formula is C22H23N3O2S. The van der Waals surface area contributed by atoms with Crippen LogP contribution in [0.1, 0.15) is 30.5 Å². The van der Waals surface area contributed by atoms with Crippen LogP contribution >= 0.6 is 11.8 Å². The molecule has 5 nitrogen and oxygen atoms in total. The fourth-order valence-corrected chi connectivity index (χ4v) is 4.27. The van der Waals surface area contributed by atoms with Crippen molar-refractivity contribution in [2.75, 3.05) is 6.61 Å². The Morgan fingerprint density at radius 1 is 1.25 bits per heavy atom. The SMILES string of the molecule is Cc1ccccc1-n1ccnc1SC(C)C(=O)NC1CCOc2ccccc21. The Kier molecular flexibility index (Phi) is 5.39. The van der Waals surface area contributed by atoms with Gasteiger partial charge in [-0.3, -0.25) is 9.36 Å². The molecule has 1 aliphatic heterocycles. The number of thioether (sulfide) groups is 1. The number of benzene rings is 2. The molecule has 2 aromatic carbocycles. The molecule has 2 heterocycles. The van der Waals surface area contributed by atoms with Gasteiger partial charge in [0, 0.05) is 24.4 Å². The zero-order valence-electron chi connectivity index (χ0n) is 16.0. The standard InChI is InChI=1S/C22H23N3O2S/c1-15-7-3-5-9-19(15)25-13-12-23-22(25)28-16(2)21(26)24-18-11-14-27-20-10-6-4-8-17(18)20/h3-10,12-13,16,18H,11,14H2,1-2H3,(H,24,26). The van der Waals surface area contributed by atoms with Crippen LogP contribution in [0.2, 0.25) is 0 Å². The fourth-order valence-electron chi connectivity index (χ4n) is 3.39. The average molecular weight is 394 g/mol. The summed E-state index contributed by atoms with van der Waals surface area (Å²) in [5, 5.41) is 3.73. The Balaban J connectivity index is 1.47. The van der Waals surface area contributed by atoms with Crippen LogP contribution in [0.3, 0.4) is 0 Å². The molecule has 0 saturated carbocycles. The molecule has 0 radical (unpaired) electrons. The second kappa shape index (κ2) is 8.10. The number of hydrogen-bond donors (Lipinski definition) is 1. The highest BCUT2D eigenvalue weighted by molar-refractivity contribution is 8.00. The first-order valence-corrected chi connectivity index (χ1v) is 10.3. The van der Waals surface area contributed by atoms with Gasteiger partial charge in [-0.05, 0) is 31.5 Å². The fraction of sp³-hybridized carbons (Fsp3) is 0.273. The number of hydrogen-bond acceptors (Lipinski definition) is 4. The maximum absolute atomic E-state index is 12.9. The maximum atomic E-state index is 12.9. The summed E-state index contributed by atoms with van der Waals surface area (Å²) in [6.45, 7) is 4.60. The zero-order chi connectivity index (χ0) is 19.5. The summed E-state index contributed by atoms with van der Waals surface area (Å²) in [4.78, 5) is 17.3. The summed E-state index contributed by atoms with van der Waals surface area (Å²) < 4.78 is 7.72. The quantitative estimate of drug-likeness (QED) is 0.657. The Morgan fingerprint density at radius 2 is 2.04 bits per heavy atom. The lowest BCUT2D eigenvalue weighted by Crippen LogP contribution is -2.36. The van der Waals surface area contributed by atoms with Gasteiger partial charge in [0.1, 0.15) is 5.75 Å². The summed E-state index contributed by atoms with van der Waals surface area (Å²) in [6, 6.07) is 16.0. The van der Waals surface area contributed by atoms with Gasteiger partial charge in [-0.2, -0.15) is 0 Å². The van der Waals surface area contributed by atoms with Crippen molar-refractivity contribution in [3.63, 3.8) is 0 Å². The van der Waals surface area contributed by atoms with E-state index in [2.05, 4.69) is 29.4 Å². The first-order valence-electron chi connectivity index (χ1n) is 9.41. The van der Waals surface area contributed by atoms with Gasteiger partial charge in [-0.15, -0.1) is 0 Å². The average Bonchev–Trinajstić information content (AvgIpc) is 3.16. The second-order valence-corrected chi connectivity index (χ2v) is 8.17. The molecule has 1 aromatic heterocycles. The zero-order valence-corrected chi connectivity index (χ0v) is 16.8. The van der Waals surface area contributed by atoms with Crippen LogP contribution in [-0.4, -0.2) is 27.3 Å². The maximum Gasteiger partial charge on any atom is 0.233 e. The molecule has 144 valence electrons. The highest BCUT2D eigenvalue weighted by Crippen LogP contribution is 2.32. The number of carbonyl (C=O) groups is 1. The van der Waals surface area contributed by atoms with Gasteiger partial charge in [0.2, 0.25) is 5.91 Å². The summed E-state index contributed by atoms with van der Waals surface area (Å²) in [5.41, 5.74) is 3.28. The Morgan fingerprint density at radius 3 is 2.89 bits per heavy atom. The third kappa shape index (κ3) is 3.78. The second-order valence-electron chi connectivity index (χ2n) is 6.86. The summed E-state index contributed by atoms with van der Waals surface area (Å²) in [5.74, 6) is 0.862. The molecule has 2 atom stereocenters. The minimum Gasteiger partial charge on any atom is -0.493 e. The number of fused-ring (bicyclic) bond motifs is 1. The van der Waals surface area contributed by atoms with Gasteiger partial charge in [0.05, 0.1) is 23.6 Å². The van der Waals surface area contributed by atoms with E-state index in [1.807, 2.05) is 54.1 Å². The number of aryl methyl sites for hydroxylation is 1. The molecule has 1 N–H and O–H groups in total. The van der Waals surface area contributed by atoms with Gasteiger partial charge < -0.3 is 10.1 Å². The number of carbonyl (C=O) groups excluding carboxylic acids is 1. The van der Waals surface area contributed by atoms with Crippen LogP contribution in [0, 0.1) is 6.92 Å². The number of amides is 1. The molecule has 1 amide bonds. The van der Waals surface area contributed by atoms with Crippen molar-refractivity contribution in [3.05, 3.63) is 72.1 Å². The van der Waals surface area contributed by atoms with Gasteiger partial charge in [0.15, 0.2) is 5.16 Å². The van der Waals surface area contributed by atoms with Gasteiger partial charge in [-0.1, -0.05) is 48.2 Å². The van der Waals surface area contributed by atoms with Crippen molar-refractivity contribution < 1.29 is 9.53 Å². The molecule has 2 unspecified atom stereocenters. The number of ether oxygens (including phenoxy) is 1. The summed E-state index contributed by atoms with van der Waals surface area (Å²) in [6.07, 6.45) is 4.48. The minimum absolute atomic E-state index is 0.00559. The molecule has 3 aromatic rings. The number of imidazole rings is 1. The molecule has 1 aliphatic rings. The third-order valence-corrected chi connectivity index (χ3v) is 5.99. The summed E-state index contributed by atoms with van der Waals surface area (Å²) >= 11 is 1.47. The van der Waals surface area contributed by atoms with E-state index in [1.54, 1.807) is 6.20 Å². The Bertz CT molecular complexity index is 985. The van der Waals surface area contributed by atoms with E-state index in [0.29, 0.717) is 6.61 Å². The van der Waals surface area contributed by atoms with Crippen molar-refractivity contribution >= 4 is 17.7 Å². The van der Waals surface area contributed by atoms with Crippen LogP contribution in [0.5, 0.6) is 5.75 Å². The highest BCUT2D eigenvalue weighted by Gasteiger charge is 2.25. The first kappa shape index (κ1) is 18.6. The van der Waals surface area contributed by atoms with Crippen LogP contribution in [0.25, 0.3) is 5.69 Å². The van der Waals surface area contributed by atoms with Gasteiger partial charge >= 0.3 is 0 Å². The third-order valence-electron chi connectivity index (χ3n) is 4.91. The van der Waals surface area contributed by atoms with Crippen molar-refractivity contribution in [2.45, 2.75) is 36.7 Å². The molecule has 6 heteroatoms. The monoisotopic (exact) mass is 393 g/mol. The van der Waals surface area contributed by atoms with Crippen molar-refractivity contribution in [1.29, 1.82) is 0 Å². The van der Waals surface area contributed by atoms with E-state index in [-0.39, 0.29) is 17.2 Å². The number of para-hydroxylation sites is 2. The van der Waals surface area contributed by atoms with E-state index in [0.717, 1.165) is 28.6 Å². The number of nitrogens with one attached hydrogen (secondary N) is 1. The van der Waals surface area contributed by atoms with Crippen LogP contribution < -0.4 is 10.1 Å². The van der Waals surface area contributed by atoms with Crippen molar-refractivity contribution in [1.82, 2.24) is 14.9 Å². The topological polar surface area (TPSA) is 56.2 Å². The largest absolute Gasteiger partial charge is 0.493 e. The molecule has 28 heavy (non-hydrogen) atoms. The van der Waals surface area contributed by atoms with E-state index in [4.69, 9.17) is 4.74 Å². The predicted molar refractivity (Wildman–Crippen MR) is 111 cm³/mol. The van der Waals surface area contributed by atoms with Crippen molar-refractivity contribution in [3.8, 4) is 11.4 Å². The van der Waals surface area contributed by atoms with E-state index in [1.165, 1.54) is 17.3 Å². The molecule has 4 rings (SSSR count). The minimum atomic E-state index is -0.264. The van der Waals surface area contributed by atoms with Crippen molar-refractivity contribution in [2.24, 2.45) is 0 Å². The predicted octanol–water partition coefficient (Wildman–Crippen LogP) is 4.30. The molecular weight excluding hydrogens is 370 g/mol. The highest BCUT2D eigenvalue weighted by atomic mass is 32.2. The molecule has 0 saturated heterocycles. The number of rotatable bonds is 5. The van der Waals surface area contributed by atoms with Crippen LogP contribution in [0.4, 0.5) is 0 Å². The smallest absolute Gasteiger partial charge is 0.233 e. The van der Waals surface area contributed by atoms with Gasteiger partial charge in [0.25, 0.3) is 0 Å². The lowest BCUT2D eigenvalue weighted by molar-refractivity contribution is -0.121. The number of aromatic nitrogens is 2. The van der Waals surface area contributed by atoms with Crippen LogP contribution in [0.15, 0.2) is 66.1 Å². The van der Waals surface area contributed by atoms with E-state index < -0.39 is 0 Å². The molecule has 0 aliphatic carbocycles. The normalized spacial score (nSPS) is 16.7. The van der Waals surface area contributed by atoms with Gasteiger partial charge in [-0.25, -0.2) is 4.98 Å². The molecule has 0 bridgehead atoms. The molecule has 0 spiro atoms. The Hall–Kier alpha value is -2.73.